The summed E-state index contributed by atoms with van der Waals surface area (Å²) in [7, 11) is 0. The van der Waals surface area contributed by atoms with Crippen LogP contribution in [0.2, 0.25) is 0 Å². The number of aryl methyl sites for hydroxylation is 2. The highest BCUT2D eigenvalue weighted by Gasteiger charge is 2.08. The summed E-state index contributed by atoms with van der Waals surface area (Å²) in [5, 5.41) is 0.394. The molecule has 0 radical (unpaired) electrons. The average Bonchev–Trinajstić information content (AvgIpc) is 2.51. The predicted molar refractivity (Wildman–Crippen MR) is 94.2 cm³/mol. The third-order valence-corrected chi connectivity index (χ3v) is 4.01. The number of nitrogen functional groups attached to an aromatic ring is 1. The van der Waals surface area contributed by atoms with Gasteiger partial charge in [0.05, 0.1) is 11.1 Å². The highest BCUT2D eigenvalue weighted by Crippen LogP contribution is 2.21. The Morgan fingerprint density at radius 1 is 1.17 bits per heavy atom. The molecule has 4 heteroatoms. The first-order chi connectivity index (χ1) is 11.0. The van der Waals surface area contributed by atoms with Crippen molar-refractivity contribution in [2.75, 3.05) is 5.73 Å². The van der Waals surface area contributed by atoms with E-state index in [1.54, 1.807) is 24.3 Å². The summed E-state index contributed by atoms with van der Waals surface area (Å²) >= 11 is 0. The maximum absolute atomic E-state index is 12.1. The minimum Gasteiger partial charge on any atom is -0.404 e. The van der Waals surface area contributed by atoms with E-state index < -0.39 is 5.63 Å². The van der Waals surface area contributed by atoms with Crippen LogP contribution in [0, 0.1) is 13.8 Å². The van der Waals surface area contributed by atoms with Crippen molar-refractivity contribution in [3.05, 3.63) is 69.4 Å². The number of anilines is 1. The molecule has 0 spiro atoms. The fourth-order valence-electron chi connectivity index (χ4n) is 2.45. The fraction of sp³-hybridized carbons (Fsp3) is 0.158. The lowest BCUT2D eigenvalue weighted by molar-refractivity contribution is 0.490. The largest absolute Gasteiger partial charge is 0.404 e. The molecule has 0 bridgehead atoms. The lowest BCUT2D eigenvalue weighted by atomic mass is 10.0. The first-order valence-corrected chi connectivity index (χ1v) is 7.41. The van der Waals surface area contributed by atoms with Crippen molar-refractivity contribution in [1.82, 2.24) is 4.98 Å². The van der Waals surface area contributed by atoms with E-state index in [0.717, 1.165) is 11.1 Å². The average molecular weight is 306 g/mol. The molecule has 23 heavy (non-hydrogen) atoms. The molecule has 1 heterocycles. The molecular weight excluding hydrogens is 288 g/mol. The Balaban J connectivity index is 2.11. The summed E-state index contributed by atoms with van der Waals surface area (Å²) in [6.07, 6.45) is 1.76. The molecule has 0 aliphatic carbocycles. The zero-order valence-electron chi connectivity index (χ0n) is 13.4. The standard InChI is InChI=1S/C19H18N2O2/c1-11-7-8-14(9-12(11)2)13(3)10-17-21-18-15(19(22)23-17)5-4-6-16(18)20/h4-10H,20H2,1-3H3/b13-10+. The molecule has 0 saturated carbocycles. The summed E-state index contributed by atoms with van der Waals surface area (Å²) < 4.78 is 5.29. The minimum atomic E-state index is -0.429. The second kappa shape index (κ2) is 5.72. The highest BCUT2D eigenvalue weighted by molar-refractivity contribution is 5.89. The normalized spacial score (nSPS) is 11.9. The number of hydrogen-bond acceptors (Lipinski definition) is 4. The van der Waals surface area contributed by atoms with Crippen molar-refractivity contribution in [1.29, 1.82) is 0 Å². The van der Waals surface area contributed by atoms with Crippen LogP contribution in [0.25, 0.3) is 22.6 Å². The smallest absolute Gasteiger partial charge is 0.347 e. The lowest BCUT2D eigenvalue weighted by Crippen LogP contribution is -2.04. The van der Waals surface area contributed by atoms with Crippen molar-refractivity contribution in [3.8, 4) is 0 Å². The van der Waals surface area contributed by atoms with Gasteiger partial charge in [0, 0.05) is 6.08 Å². The third-order valence-electron chi connectivity index (χ3n) is 4.01. The van der Waals surface area contributed by atoms with Crippen molar-refractivity contribution in [3.63, 3.8) is 0 Å². The Morgan fingerprint density at radius 2 is 1.96 bits per heavy atom. The van der Waals surface area contributed by atoms with E-state index in [2.05, 4.69) is 31.0 Å². The molecule has 116 valence electrons. The van der Waals surface area contributed by atoms with Crippen molar-refractivity contribution < 1.29 is 4.42 Å². The van der Waals surface area contributed by atoms with Crippen LogP contribution in [-0.4, -0.2) is 4.98 Å². The number of aromatic nitrogens is 1. The van der Waals surface area contributed by atoms with Crippen LogP contribution < -0.4 is 11.4 Å². The third kappa shape index (κ3) is 2.88. The minimum absolute atomic E-state index is 0.260. The second-order valence-corrected chi connectivity index (χ2v) is 5.71. The summed E-state index contributed by atoms with van der Waals surface area (Å²) in [5.41, 5.74) is 10.9. The van der Waals surface area contributed by atoms with Gasteiger partial charge in [0.1, 0.15) is 5.52 Å². The zero-order valence-corrected chi connectivity index (χ0v) is 13.4. The number of nitrogens with zero attached hydrogens (tertiary/aromatic N) is 1. The molecular formula is C19H18N2O2. The maximum atomic E-state index is 12.1. The molecule has 0 aliphatic heterocycles. The van der Waals surface area contributed by atoms with Crippen LogP contribution in [0.3, 0.4) is 0 Å². The van der Waals surface area contributed by atoms with Crippen LogP contribution in [0.4, 0.5) is 5.69 Å². The number of fused-ring (bicyclic) bond motifs is 1. The van der Waals surface area contributed by atoms with E-state index in [1.165, 1.54) is 11.1 Å². The predicted octanol–water partition coefficient (Wildman–Crippen LogP) is 3.95. The first-order valence-electron chi connectivity index (χ1n) is 7.41. The van der Waals surface area contributed by atoms with Crippen molar-refractivity contribution >= 4 is 28.2 Å². The zero-order chi connectivity index (χ0) is 16.6. The second-order valence-electron chi connectivity index (χ2n) is 5.71. The quantitative estimate of drug-likeness (QED) is 0.728. The van der Waals surface area contributed by atoms with Gasteiger partial charge in [0.2, 0.25) is 5.89 Å². The molecule has 1 aromatic heterocycles. The van der Waals surface area contributed by atoms with Gasteiger partial charge in [0.25, 0.3) is 0 Å². The Kier molecular flexibility index (Phi) is 3.74. The van der Waals surface area contributed by atoms with E-state index in [-0.39, 0.29) is 5.89 Å². The number of hydrogen-bond donors (Lipinski definition) is 1. The number of nitrogens with two attached hydrogens (primary N) is 1. The van der Waals surface area contributed by atoms with Gasteiger partial charge >= 0.3 is 5.63 Å². The molecule has 0 saturated heterocycles. The maximum Gasteiger partial charge on any atom is 0.347 e. The number of para-hydroxylation sites is 1. The van der Waals surface area contributed by atoms with Gasteiger partial charge in [-0.2, -0.15) is 0 Å². The van der Waals surface area contributed by atoms with Crippen LogP contribution in [-0.2, 0) is 0 Å². The molecule has 2 aromatic carbocycles. The monoisotopic (exact) mass is 306 g/mol. The van der Waals surface area contributed by atoms with Crippen LogP contribution in [0.5, 0.6) is 0 Å². The van der Waals surface area contributed by atoms with Crippen LogP contribution in [0.15, 0.2) is 45.6 Å². The molecule has 0 atom stereocenters. The van der Waals surface area contributed by atoms with E-state index in [0.29, 0.717) is 16.6 Å². The highest BCUT2D eigenvalue weighted by atomic mass is 16.4. The van der Waals surface area contributed by atoms with E-state index in [1.807, 2.05) is 13.0 Å². The Hall–Kier alpha value is -2.88. The summed E-state index contributed by atoms with van der Waals surface area (Å²) in [4.78, 5) is 16.5. The molecule has 0 unspecified atom stereocenters. The molecule has 0 aliphatic rings. The van der Waals surface area contributed by atoms with Gasteiger partial charge < -0.3 is 10.2 Å². The Morgan fingerprint density at radius 3 is 2.70 bits per heavy atom. The lowest BCUT2D eigenvalue weighted by Gasteiger charge is -2.06. The molecule has 2 N–H and O–H groups in total. The van der Waals surface area contributed by atoms with Crippen LogP contribution >= 0.6 is 0 Å². The summed E-state index contributed by atoms with van der Waals surface area (Å²) in [6.45, 7) is 6.11. The van der Waals surface area contributed by atoms with Crippen molar-refractivity contribution in [2.45, 2.75) is 20.8 Å². The van der Waals surface area contributed by atoms with E-state index in [9.17, 15) is 4.79 Å². The van der Waals surface area contributed by atoms with E-state index in [4.69, 9.17) is 10.2 Å². The van der Waals surface area contributed by atoms with Crippen molar-refractivity contribution in [2.24, 2.45) is 0 Å². The first kappa shape index (κ1) is 15.0. The topological polar surface area (TPSA) is 69.1 Å². The van der Waals surface area contributed by atoms with Gasteiger partial charge in [0.15, 0.2) is 0 Å². The number of rotatable bonds is 2. The Bertz CT molecular complexity index is 984. The number of benzene rings is 2. The molecule has 3 rings (SSSR count). The molecule has 0 amide bonds. The van der Waals surface area contributed by atoms with Gasteiger partial charge in [-0.1, -0.05) is 24.3 Å². The molecule has 3 aromatic rings. The van der Waals surface area contributed by atoms with Gasteiger partial charge in [-0.25, -0.2) is 9.78 Å². The molecule has 0 fully saturated rings. The van der Waals surface area contributed by atoms with Gasteiger partial charge in [-0.3, -0.25) is 0 Å². The Labute approximate surface area is 134 Å². The van der Waals surface area contributed by atoms with Gasteiger partial charge in [-0.05, 0) is 55.2 Å². The fourth-order valence-corrected chi connectivity index (χ4v) is 2.45. The van der Waals surface area contributed by atoms with Crippen LogP contribution in [0.1, 0.15) is 29.5 Å². The SMILES string of the molecule is C/C(=C\c1nc2c(N)cccc2c(=O)o1)c1ccc(C)c(C)c1. The summed E-state index contributed by atoms with van der Waals surface area (Å²) in [5.74, 6) is 0.260. The molecule has 4 nitrogen and oxygen atoms in total. The van der Waals surface area contributed by atoms with E-state index >= 15 is 0 Å². The van der Waals surface area contributed by atoms with Gasteiger partial charge in [-0.15, -0.1) is 0 Å². The number of allylic oxidation sites excluding steroid dienone is 1. The summed E-state index contributed by atoms with van der Waals surface area (Å²) in [6, 6.07) is 11.3.